The van der Waals surface area contributed by atoms with Crippen molar-refractivity contribution in [2.45, 2.75) is 12.5 Å². The van der Waals surface area contributed by atoms with Crippen molar-refractivity contribution >= 4 is 11.9 Å². The van der Waals surface area contributed by atoms with E-state index in [0.29, 0.717) is 11.3 Å². The SMILES string of the molecule is COC(=O)[C@@H](Cc1ccccc1OC)NC(=O)c1cccc(F)c1F. The molecule has 0 fully saturated rings. The summed E-state index contributed by atoms with van der Waals surface area (Å²) in [7, 11) is 2.65. The van der Waals surface area contributed by atoms with E-state index in [2.05, 4.69) is 10.1 Å². The molecular weight excluding hydrogens is 332 g/mol. The molecule has 0 heterocycles. The number of esters is 1. The number of rotatable bonds is 6. The Bertz CT molecular complexity index is 779. The van der Waals surface area contributed by atoms with Gasteiger partial charge < -0.3 is 14.8 Å². The van der Waals surface area contributed by atoms with E-state index >= 15 is 0 Å². The maximum Gasteiger partial charge on any atom is 0.328 e. The van der Waals surface area contributed by atoms with Gasteiger partial charge in [-0.1, -0.05) is 24.3 Å². The Balaban J connectivity index is 2.25. The smallest absolute Gasteiger partial charge is 0.328 e. The third kappa shape index (κ3) is 4.32. The minimum atomic E-state index is -1.28. The summed E-state index contributed by atoms with van der Waals surface area (Å²) in [6.07, 6.45) is 0.0688. The van der Waals surface area contributed by atoms with Crippen molar-refractivity contribution in [2.24, 2.45) is 0 Å². The molecule has 0 saturated carbocycles. The van der Waals surface area contributed by atoms with Crippen LogP contribution in [-0.2, 0) is 16.0 Å². The number of methoxy groups -OCH3 is 2. The van der Waals surface area contributed by atoms with Gasteiger partial charge in [-0.25, -0.2) is 13.6 Å². The Morgan fingerprint density at radius 2 is 1.80 bits per heavy atom. The number of carbonyl (C=O) groups is 2. The molecule has 0 aromatic heterocycles. The maximum absolute atomic E-state index is 13.8. The minimum absolute atomic E-state index is 0.0688. The van der Waals surface area contributed by atoms with Gasteiger partial charge in [0.1, 0.15) is 11.8 Å². The molecule has 1 amide bonds. The summed E-state index contributed by atoms with van der Waals surface area (Å²) in [6, 6.07) is 9.10. The first kappa shape index (κ1) is 18.4. The molecule has 1 atom stereocenters. The first-order chi connectivity index (χ1) is 12.0. The number of halogens is 2. The van der Waals surface area contributed by atoms with Gasteiger partial charge in [0.25, 0.3) is 5.91 Å². The van der Waals surface area contributed by atoms with Crippen LogP contribution >= 0.6 is 0 Å². The van der Waals surface area contributed by atoms with E-state index in [-0.39, 0.29) is 6.42 Å². The summed E-state index contributed by atoms with van der Waals surface area (Å²) < 4.78 is 36.9. The maximum atomic E-state index is 13.8. The van der Waals surface area contributed by atoms with Crippen LogP contribution in [0.3, 0.4) is 0 Å². The van der Waals surface area contributed by atoms with Crippen molar-refractivity contribution in [3.05, 3.63) is 65.2 Å². The van der Waals surface area contributed by atoms with E-state index in [0.717, 1.165) is 12.1 Å². The molecule has 0 spiro atoms. The minimum Gasteiger partial charge on any atom is -0.496 e. The zero-order valence-corrected chi connectivity index (χ0v) is 13.7. The van der Waals surface area contributed by atoms with E-state index in [9.17, 15) is 18.4 Å². The second kappa shape index (κ2) is 8.23. The molecular formula is C18H17F2NO4. The zero-order valence-electron chi connectivity index (χ0n) is 13.7. The van der Waals surface area contributed by atoms with Gasteiger partial charge in [-0.2, -0.15) is 0 Å². The monoisotopic (exact) mass is 349 g/mol. The van der Waals surface area contributed by atoms with Crippen LogP contribution in [0.5, 0.6) is 5.75 Å². The van der Waals surface area contributed by atoms with Gasteiger partial charge in [0, 0.05) is 6.42 Å². The van der Waals surface area contributed by atoms with Gasteiger partial charge in [-0.3, -0.25) is 4.79 Å². The molecule has 5 nitrogen and oxygen atoms in total. The first-order valence-electron chi connectivity index (χ1n) is 7.42. The van der Waals surface area contributed by atoms with Crippen molar-refractivity contribution in [3.63, 3.8) is 0 Å². The number of hydrogen-bond acceptors (Lipinski definition) is 4. The van der Waals surface area contributed by atoms with Crippen molar-refractivity contribution < 1.29 is 27.8 Å². The van der Waals surface area contributed by atoms with Crippen molar-refractivity contribution in [1.82, 2.24) is 5.32 Å². The summed E-state index contributed by atoms with van der Waals surface area (Å²) in [6.45, 7) is 0. The van der Waals surface area contributed by atoms with Gasteiger partial charge >= 0.3 is 5.97 Å². The van der Waals surface area contributed by atoms with Crippen LogP contribution in [0.15, 0.2) is 42.5 Å². The highest BCUT2D eigenvalue weighted by molar-refractivity contribution is 5.97. The Morgan fingerprint density at radius 1 is 1.08 bits per heavy atom. The van der Waals surface area contributed by atoms with Gasteiger partial charge in [-0.15, -0.1) is 0 Å². The normalized spacial score (nSPS) is 11.5. The Kier molecular flexibility index (Phi) is 6.05. The van der Waals surface area contributed by atoms with Crippen LogP contribution in [-0.4, -0.2) is 32.1 Å². The fourth-order valence-electron chi connectivity index (χ4n) is 2.34. The third-order valence-corrected chi connectivity index (χ3v) is 3.60. The van der Waals surface area contributed by atoms with Gasteiger partial charge in [0.05, 0.1) is 19.8 Å². The lowest BCUT2D eigenvalue weighted by atomic mass is 10.0. The second-order valence-electron chi connectivity index (χ2n) is 5.17. The van der Waals surface area contributed by atoms with Crippen LogP contribution in [0.1, 0.15) is 15.9 Å². The third-order valence-electron chi connectivity index (χ3n) is 3.60. The van der Waals surface area contributed by atoms with Crippen molar-refractivity contribution in [2.75, 3.05) is 14.2 Å². The molecule has 7 heteroatoms. The summed E-state index contributed by atoms with van der Waals surface area (Å²) in [5, 5.41) is 2.38. The fourth-order valence-corrected chi connectivity index (χ4v) is 2.34. The molecule has 0 saturated heterocycles. The molecule has 0 aliphatic heterocycles. The molecule has 1 N–H and O–H groups in total. The number of para-hydroxylation sites is 1. The number of ether oxygens (including phenoxy) is 2. The predicted octanol–water partition coefficient (Wildman–Crippen LogP) is 2.49. The number of nitrogens with one attached hydrogen (secondary N) is 1. The van der Waals surface area contributed by atoms with E-state index in [1.807, 2.05) is 0 Å². The fraction of sp³-hybridized carbons (Fsp3) is 0.222. The lowest BCUT2D eigenvalue weighted by molar-refractivity contribution is -0.142. The lowest BCUT2D eigenvalue weighted by Gasteiger charge is -2.18. The standard InChI is InChI=1S/C18H17F2NO4/c1-24-15-9-4-3-6-11(15)10-14(18(23)25-2)21-17(22)12-7-5-8-13(19)16(12)20/h3-9,14H,10H2,1-2H3,(H,21,22)/t14-/m1/s1. The van der Waals surface area contributed by atoms with E-state index in [1.165, 1.54) is 20.3 Å². The quantitative estimate of drug-likeness (QED) is 0.814. The topological polar surface area (TPSA) is 64.6 Å². The van der Waals surface area contributed by atoms with Crippen molar-refractivity contribution in [3.8, 4) is 5.75 Å². The van der Waals surface area contributed by atoms with Crippen molar-refractivity contribution in [1.29, 1.82) is 0 Å². The number of carbonyl (C=O) groups excluding carboxylic acids is 2. The molecule has 0 unspecified atom stereocenters. The van der Waals surface area contributed by atoms with Gasteiger partial charge in [0.2, 0.25) is 0 Å². The molecule has 25 heavy (non-hydrogen) atoms. The highest BCUT2D eigenvalue weighted by atomic mass is 19.2. The van der Waals surface area contributed by atoms with Crippen LogP contribution in [0, 0.1) is 11.6 Å². The van der Waals surface area contributed by atoms with E-state index < -0.39 is 35.1 Å². The Morgan fingerprint density at radius 3 is 2.48 bits per heavy atom. The molecule has 0 aliphatic rings. The molecule has 132 valence electrons. The Labute approximate surface area is 143 Å². The highest BCUT2D eigenvalue weighted by Gasteiger charge is 2.25. The van der Waals surface area contributed by atoms with Crippen LogP contribution < -0.4 is 10.1 Å². The summed E-state index contributed by atoms with van der Waals surface area (Å²) >= 11 is 0. The number of amides is 1. The first-order valence-corrected chi connectivity index (χ1v) is 7.42. The molecule has 0 bridgehead atoms. The lowest BCUT2D eigenvalue weighted by Crippen LogP contribution is -2.43. The van der Waals surface area contributed by atoms with Gasteiger partial charge in [-0.05, 0) is 23.8 Å². The van der Waals surface area contributed by atoms with Crippen LogP contribution in [0.25, 0.3) is 0 Å². The molecule has 2 aromatic carbocycles. The number of benzene rings is 2. The van der Waals surface area contributed by atoms with E-state index in [1.54, 1.807) is 24.3 Å². The summed E-state index contributed by atoms with van der Waals surface area (Å²) in [4.78, 5) is 24.2. The van der Waals surface area contributed by atoms with Crippen LogP contribution in [0.2, 0.25) is 0 Å². The Hall–Kier alpha value is -2.96. The number of hydrogen-bond donors (Lipinski definition) is 1. The average Bonchev–Trinajstić information content (AvgIpc) is 2.63. The summed E-state index contributed by atoms with van der Waals surface area (Å²) in [5.74, 6) is -3.52. The molecule has 0 radical (unpaired) electrons. The van der Waals surface area contributed by atoms with Gasteiger partial charge in [0.15, 0.2) is 11.6 Å². The highest BCUT2D eigenvalue weighted by Crippen LogP contribution is 2.20. The molecule has 0 aliphatic carbocycles. The average molecular weight is 349 g/mol. The van der Waals surface area contributed by atoms with Crippen LogP contribution in [0.4, 0.5) is 8.78 Å². The zero-order chi connectivity index (χ0) is 18.4. The molecule has 2 aromatic rings. The predicted molar refractivity (Wildman–Crippen MR) is 86.3 cm³/mol. The van der Waals surface area contributed by atoms with E-state index in [4.69, 9.17) is 4.74 Å². The molecule has 2 rings (SSSR count). The largest absolute Gasteiger partial charge is 0.496 e. The summed E-state index contributed by atoms with van der Waals surface area (Å²) in [5.41, 5.74) is 0.161. The second-order valence-corrected chi connectivity index (χ2v) is 5.17.